The van der Waals surface area contributed by atoms with Crippen LogP contribution in [-0.2, 0) is 24.8 Å². The van der Waals surface area contributed by atoms with E-state index in [1.807, 2.05) is 0 Å². The number of rotatable bonds is 1. The van der Waals surface area contributed by atoms with E-state index in [4.69, 9.17) is 0 Å². The van der Waals surface area contributed by atoms with Crippen LogP contribution in [0, 0.1) is 0 Å². The van der Waals surface area contributed by atoms with E-state index in [-0.39, 0.29) is 5.41 Å². The summed E-state index contributed by atoms with van der Waals surface area (Å²) in [5.41, 5.74) is 6.50. The molecule has 1 aliphatic heterocycles. The molecule has 0 atom stereocenters. The molecular weight excluding hydrogens is 206 g/mol. The van der Waals surface area contributed by atoms with Gasteiger partial charge in [-0.1, -0.05) is 39.8 Å². The number of nitrogens with zero attached hydrogens (tertiary/aromatic N) is 1. The minimum absolute atomic E-state index is 0.259. The third kappa shape index (κ3) is 2.55. The zero-order chi connectivity index (χ0) is 12.6. The predicted molar refractivity (Wildman–Crippen MR) is 74.6 cm³/mol. The summed E-state index contributed by atoms with van der Waals surface area (Å²) >= 11 is 0. The Morgan fingerprint density at radius 3 is 2.53 bits per heavy atom. The molecule has 0 saturated carbocycles. The van der Waals surface area contributed by atoms with Crippen LogP contribution in [0.1, 0.15) is 49.9 Å². The Bertz CT molecular complexity index is 412. The summed E-state index contributed by atoms with van der Waals surface area (Å²) in [5, 5.41) is 0. The molecule has 0 N–H and O–H groups in total. The fourth-order valence-electron chi connectivity index (χ4n) is 2.68. The van der Waals surface area contributed by atoms with Gasteiger partial charge in [0.15, 0.2) is 0 Å². The monoisotopic (exact) mass is 231 g/mol. The van der Waals surface area contributed by atoms with Crippen LogP contribution in [0.15, 0.2) is 12.1 Å². The van der Waals surface area contributed by atoms with Gasteiger partial charge in [-0.3, -0.25) is 0 Å². The summed E-state index contributed by atoms with van der Waals surface area (Å²) in [7, 11) is 2.22. The maximum atomic E-state index is 2.43. The summed E-state index contributed by atoms with van der Waals surface area (Å²) in [6, 6.07) is 4.87. The van der Waals surface area contributed by atoms with Crippen molar-refractivity contribution in [1.29, 1.82) is 0 Å². The van der Waals surface area contributed by atoms with Crippen molar-refractivity contribution in [3.8, 4) is 0 Å². The molecule has 1 aromatic carbocycles. The van der Waals surface area contributed by atoms with Gasteiger partial charge in [0.2, 0.25) is 0 Å². The average molecular weight is 231 g/mol. The van der Waals surface area contributed by atoms with Gasteiger partial charge in [0, 0.05) is 13.1 Å². The molecule has 2 rings (SSSR count). The highest BCUT2D eigenvalue weighted by molar-refractivity contribution is 5.43. The largest absolute Gasteiger partial charge is 0.302 e. The lowest BCUT2D eigenvalue weighted by molar-refractivity contribution is 0.311. The summed E-state index contributed by atoms with van der Waals surface area (Å²) in [6.45, 7) is 11.5. The van der Waals surface area contributed by atoms with Crippen LogP contribution in [-0.4, -0.2) is 18.5 Å². The lowest BCUT2D eigenvalue weighted by Crippen LogP contribution is -2.28. The molecule has 0 unspecified atom stereocenters. The highest BCUT2D eigenvalue weighted by Gasteiger charge is 2.21. The van der Waals surface area contributed by atoms with Gasteiger partial charge in [-0.15, -0.1) is 0 Å². The van der Waals surface area contributed by atoms with Crippen molar-refractivity contribution < 1.29 is 0 Å². The molecule has 1 aromatic rings. The van der Waals surface area contributed by atoms with Gasteiger partial charge in [0.25, 0.3) is 0 Å². The molecule has 1 heterocycles. The first kappa shape index (κ1) is 12.6. The van der Waals surface area contributed by atoms with Gasteiger partial charge in [-0.2, -0.15) is 0 Å². The normalized spacial score (nSPS) is 17.0. The molecule has 1 aliphatic rings. The molecule has 1 heteroatoms. The van der Waals surface area contributed by atoms with Crippen LogP contribution in [0.4, 0.5) is 0 Å². The van der Waals surface area contributed by atoms with Crippen molar-refractivity contribution in [1.82, 2.24) is 4.90 Å². The molecule has 17 heavy (non-hydrogen) atoms. The van der Waals surface area contributed by atoms with Gasteiger partial charge in [0.1, 0.15) is 0 Å². The Morgan fingerprint density at radius 1 is 1.24 bits per heavy atom. The zero-order valence-corrected chi connectivity index (χ0v) is 11.9. The van der Waals surface area contributed by atoms with Crippen molar-refractivity contribution in [3.63, 3.8) is 0 Å². The third-order valence-electron chi connectivity index (χ3n) is 3.87. The molecule has 0 spiro atoms. The molecule has 0 fully saturated rings. The Morgan fingerprint density at radius 2 is 1.94 bits per heavy atom. The molecular formula is C16H25N. The topological polar surface area (TPSA) is 3.24 Å². The quantitative estimate of drug-likeness (QED) is 0.714. The smallest absolute Gasteiger partial charge is 0.0233 e. The molecule has 0 amide bonds. The number of likely N-dealkylation sites (N-methyl/N-ethyl adjacent to an activating group) is 1. The highest BCUT2D eigenvalue weighted by atomic mass is 15.1. The van der Waals surface area contributed by atoms with E-state index in [0.717, 1.165) is 13.0 Å². The van der Waals surface area contributed by atoms with E-state index in [1.165, 1.54) is 18.5 Å². The van der Waals surface area contributed by atoms with Crippen molar-refractivity contribution in [2.75, 3.05) is 13.6 Å². The predicted octanol–water partition coefficient (Wildman–Crippen LogP) is 3.53. The molecule has 0 radical (unpaired) electrons. The minimum Gasteiger partial charge on any atom is -0.302 e. The Hall–Kier alpha value is -0.820. The summed E-state index contributed by atoms with van der Waals surface area (Å²) < 4.78 is 0. The lowest BCUT2D eigenvalue weighted by atomic mass is 9.81. The zero-order valence-electron chi connectivity index (χ0n) is 11.9. The number of hydrogen-bond donors (Lipinski definition) is 0. The molecule has 0 aliphatic carbocycles. The number of fused-ring (bicyclic) bond motifs is 1. The molecule has 94 valence electrons. The molecule has 0 saturated heterocycles. The summed E-state index contributed by atoms with van der Waals surface area (Å²) in [4.78, 5) is 2.42. The molecule has 0 bridgehead atoms. The van der Waals surface area contributed by atoms with E-state index < -0.39 is 0 Å². The molecule has 1 nitrogen and oxygen atoms in total. The van der Waals surface area contributed by atoms with Crippen LogP contribution in [0.5, 0.6) is 0 Å². The second-order valence-corrected chi connectivity index (χ2v) is 6.36. The Balaban J connectivity index is 2.51. The first-order valence-corrected chi connectivity index (χ1v) is 6.75. The Kier molecular flexibility index (Phi) is 3.31. The SMILES string of the molecule is CCc1cc(C(C)(C)C)cc2c1CCN(C)C2. The van der Waals surface area contributed by atoms with Crippen molar-refractivity contribution >= 4 is 0 Å². The van der Waals surface area contributed by atoms with Gasteiger partial charge >= 0.3 is 0 Å². The van der Waals surface area contributed by atoms with Crippen molar-refractivity contribution in [2.24, 2.45) is 0 Å². The van der Waals surface area contributed by atoms with Gasteiger partial charge in [-0.05, 0) is 47.6 Å². The average Bonchev–Trinajstić information content (AvgIpc) is 2.25. The van der Waals surface area contributed by atoms with Crippen molar-refractivity contribution in [2.45, 2.75) is 52.5 Å². The maximum Gasteiger partial charge on any atom is 0.0233 e. The standard InChI is InChI=1S/C16H25N/c1-6-12-9-14(16(2,3)4)10-13-11-17(5)8-7-15(12)13/h9-10H,6-8,11H2,1-5H3. The van der Waals surface area contributed by atoms with E-state index >= 15 is 0 Å². The van der Waals surface area contributed by atoms with Crippen molar-refractivity contribution in [3.05, 3.63) is 34.4 Å². The summed E-state index contributed by atoms with van der Waals surface area (Å²) in [6.07, 6.45) is 2.38. The first-order valence-electron chi connectivity index (χ1n) is 6.75. The lowest BCUT2D eigenvalue weighted by Gasteiger charge is -2.30. The number of hydrogen-bond acceptors (Lipinski definition) is 1. The van der Waals surface area contributed by atoms with E-state index in [9.17, 15) is 0 Å². The fraction of sp³-hybridized carbons (Fsp3) is 0.625. The summed E-state index contributed by atoms with van der Waals surface area (Å²) in [5.74, 6) is 0. The second kappa shape index (κ2) is 4.45. The molecule has 0 aromatic heterocycles. The van der Waals surface area contributed by atoms with Crippen LogP contribution in [0.2, 0.25) is 0 Å². The van der Waals surface area contributed by atoms with Crippen LogP contribution in [0.3, 0.4) is 0 Å². The van der Waals surface area contributed by atoms with E-state index in [2.05, 4.69) is 51.8 Å². The van der Waals surface area contributed by atoms with E-state index in [1.54, 1.807) is 16.7 Å². The third-order valence-corrected chi connectivity index (χ3v) is 3.87. The second-order valence-electron chi connectivity index (χ2n) is 6.36. The van der Waals surface area contributed by atoms with Gasteiger partial charge < -0.3 is 4.90 Å². The Labute approximate surface area is 106 Å². The maximum absolute atomic E-state index is 2.43. The van der Waals surface area contributed by atoms with Gasteiger partial charge in [0.05, 0.1) is 0 Å². The minimum atomic E-state index is 0.259. The highest BCUT2D eigenvalue weighted by Crippen LogP contribution is 2.30. The van der Waals surface area contributed by atoms with Gasteiger partial charge in [-0.25, -0.2) is 0 Å². The van der Waals surface area contributed by atoms with Crippen LogP contribution >= 0.6 is 0 Å². The fourth-order valence-corrected chi connectivity index (χ4v) is 2.68. The van der Waals surface area contributed by atoms with E-state index in [0.29, 0.717) is 0 Å². The first-order chi connectivity index (χ1) is 7.91. The van der Waals surface area contributed by atoms with Crippen LogP contribution in [0.25, 0.3) is 0 Å². The number of benzene rings is 1. The number of aryl methyl sites for hydroxylation is 1. The van der Waals surface area contributed by atoms with Crippen LogP contribution < -0.4 is 0 Å².